The van der Waals surface area contributed by atoms with E-state index in [1.165, 1.54) is 0 Å². The van der Waals surface area contributed by atoms with Gasteiger partial charge in [0.25, 0.3) is 0 Å². The average molecular weight is 635 g/mol. The number of nitrogens with one attached hydrogen (secondary N) is 1. The molecule has 0 bridgehead atoms. The predicted molar refractivity (Wildman–Crippen MR) is 190 cm³/mol. The summed E-state index contributed by atoms with van der Waals surface area (Å²) in [6.45, 7) is 43.4. The van der Waals surface area contributed by atoms with Crippen LogP contribution in [0.1, 0.15) is 93.9 Å². The van der Waals surface area contributed by atoms with Crippen LogP contribution in [-0.4, -0.2) is 68.7 Å². The molecule has 0 saturated heterocycles. The van der Waals surface area contributed by atoms with E-state index in [1.54, 1.807) is 0 Å². The molecule has 0 aliphatic carbocycles. The lowest BCUT2D eigenvalue weighted by molar-refractivity contribution is -0.0174. The van der Waals surface area contributed by atoms with Gasteiger partial charge in [0, 0.05) is 23.4 Å². The summed E-state index contributed by atoms with van der Waals surface area (Å²) in [5.41, 5.74) is 5.45. The maximum atomic E-state index is 7.90. The van der Waals surface area contributed by atoms with Crippen molar-refractivity contribution in [1.82, 2.24) is 5.32 Å². The number of nitrogens with two attached hydrogens (primary N) is 1. The minimum Gasteiger partial charge on any atom is -0.414 e. The zero-order valence-corrected chi connectivity index (χ0v) is 34.4. The summed E-state index contributed by atoms with van der Waals surface area (Å²) in [4.78, 5) is 0. The summed E-state index contributed by atoms with van der Waals surface area (Å²) in [6.07, 6.45) is 6.15. The summed E-state index contributed by atoms with van der Waals surface area (Å²) in [5, 5.41) is 3.20. The second kappa shape index (κ2) is 15.1. The standard InChI is InChI=1S/C31H74N2O3Si4/c1-18-28(6,29(7,19-2)39(15,16)35-30(8,20-3)37(9,10)11)34-40(17,27-23-25-33-26-24-32)31(21-4,22-5)36-38(12,13)14/h33H,18-27,32H2,1-17H3/t28?,29-,30?,40?/m0/s1. The van der Waals surface area contributed by atoms with E-state index < -0.39 is 33.0 Å². The van der Waals surface area contributed by atoms with Crippen molar-refractivity contribution in [2.24, 2.45) is 5.73 Å². The van der Waals surface area contributed by atoms with Gasteiger partial charge >= 0.3 is 0 Å². The zero-order chi connectivity index (χ0) is 31.9. The fourth-order valence-electron chi connectivity index (χ4n) is 6.93. The summed E-state index contributed by atoms with van der Waals surface area (Å²) in [7, 11) is -8.13. The molecule has 3 N–H and O–H groups in total. The third-order valence-corrected chi connectivity index (χ3v) is 25.5. The van der Waals surface area contributed by atoms with E-state index in [4.69, 9.17) is 19.0 Å². The van der Waals surface area contributed by atoms with Crippen molar-refractivity contribution in [3.8, 4) is 0 Å². The first-order valence-electron chi connectivity index (χ1n) is 16.5. The van der Waals surface area contributed by atoms with Gasteiger partial charge < -0.3 is 24.3 Å². The first-order chi connectivity index (χ1) is 18.0. The third-order valence-electron chi connectivity index (χ3n) is 11.0. The van der Waals surface area contributed by atoms with Gasteiger partial charge in [-0.1, -0.05) is 61.2 Å². The highest BCUT2D eigenvalue weighted by Gasteiger charge is 2.62. The Morgan fingerprint density at radius 2 is 1.18 bits per heavy atom. The highest BCUT2D eigenvalue weighted by atomic mass is 28.4. The van der Waals surface area contributed by atoms with Crippen LogP contribution in [0.2, 0.25) is 70.0 Å². The van der Waals surface area contributed by atoms with Crippen LogP contribution in [0.5, 0.6) is 0 Å². The highest BCUT2D eigenvalue weighted by Crippen LogP contribution is 2.57. The highest BCUT2D eigenvalue weighted by molar-refractivity contribution is 6.82. The largest absolute Gasteiger partial charge is 0.414 e. The van der Waals surface area contributed by atoms with Crippen LogP contribution in [0.4, 0.5) is 0 Å². The SMILES string of the molecule is CCC(C)(O[Si](C)(CCCNCCN)C(CC)(CC)O[Si](C)(C)C)[C@](C)(CC)[Si](C)(C)OC(C)(CC)[Si](C)(C)C. The molecule has 0 aliphatic rings. The van der Waals surface area contributed by atoms with Crippen LogP contribution in [-0.2, 0) is 13.3 Å². The van der Waals surface area contributed by atoms with Crippen LogP contribution in [0.15, 0.2) is 0 Å². The molecule has 4 atom stereocenters. The van der Waals surface area contributed by atoms with Gasteiger partial charge in [-0.2, -0.15) is 0 Å². The Kier molecular flexibility index (Phi) is 15.4. The molecule has 40 heavy (non-hydrogen) atoms. The second-order valence-electron chi connectivity index (χ2n) is 15.6. The minimum atomic E-state index is -2.45. The Morgan fingerprint density at radius 3 is 1.52 bits per heavy atom. The predicted octanol–water partition coefficient (Wildman–Crippen LogP) is 9.07. The lowest BCUT2D eigenvalue weighted by atomic mass is 9.85. The molecule has 0 aromatic carbocycles. The summed E-state index contributed by atoms with van der Waals surface area (Å²) >= 11 is 0. The Labute approximate surface area is 256 Å². The van der Waals surface area contributed by atoms with Crippen molar-refractivity contribution < 1.29 is 13.3 Å². The van der Waals surface area contributed by atoms with Crippen LogP contribution in [0, 0.1) is 0 Å². The molecule has 0 spiro atoms. The molecule has 242 valence electrons. The van der Waals surface area contributed by atoms with Crippen LogP contribution >= 0.6 is 0 Å². The molecule has 0 radical (unpaired) electrons. The van der Waals surface area contributed by atoms with E-state index in [2.05, 4.69) is 120 Å². The van der Waals surface area contributed by atoms with E-state index in [9.17, 15) is 0 Å². The average Bonchev–Trinajstić information content (AvgIpc) is 2.84. The van der Waals surface area contributed by atoms with Gasteiger partial charge in [0.2, 0.25) is 8.32 Å². The Balaban J connectivity index is 6.96. The lowest BCUT2D eigenvalue weighted by Gasteiger charge is -2.60. The summed E-state index contributed by atoms with van der Waals surface area (Å²) in [6, 6.07) is 1.08. The molecule has 0 amide bonds. The van der Waals surface area contributed by atoms with Gasteiger partial charge in [-0.15, -0.1) is 0 Å². The van der Waals surface area contributed by atoms with Gasteiger partial charge in [-0.05, 0) is 104 Å². The van der Waals surface area contributed by atoms with Crippen molar-refractivity contribution in [3.63, 3.8) is 0 Å². The van der Waals surface area contributed by atoms with Crippen molar-refractivity contribution >= 4 is 33.0 Å². The summed E-state index contributed by atoms with van der Waals surface area (Å²) < 4.78 is 22.6. The molecule has 0 rings (SSSR count). The molecule has 0 aliphatic heterocycles. The molecular formula is C31H74N2O3Si4. The van der Waals surface area contributed by atoms with Crippen LogP contribution in [0.25, 0.3) is 0 Å². The van der Waals surface area contributed by atoms with E-state index >= 15 is 0 Å². The lowest BCUT2D eigenvalue weighted by Crippen LogP contribution is -2.69. The van der Waals surface area contributed by atoms with Gasteiger partial charge in [0.05, 0.1) is 18.9 Å². The van der Waals surface area contributed by atoms with Gasteiger partial charge in [-0.25, -0.2) is 0 Å². The molecule has 0 aromatic rings. The molecule has 9 heteroatoms. The van der Waals surface area contributed by atoms with E-state index in [-0.39, 0.29) is 21.1 Å². The monoisotopic (exact) mass is 634 g/mol. The number of rotatable bonds is 21. The normalized spacial score (nSPS) is 19.9. The molecule has 5 nitrogen and oxygen atoms in total. The van der Waals surface area contributed by atoms with E-state index in [0.717, 1.165) is 57.7 Å². The molecule has 0 aromatic heterocycles. The van der Waals surface area contributed by atoms with E-state index in [0.29, 0.717) is 6.54 Å². The first-order valence-corrected chi connectivity index (χ1v) is 28.9. The van der Waals surface area contributed by atoms with Crippen molar-refractivity contribution in [2.45, 2.75) is 180 Å². The van der Waals surface area contributed by atoms with Crippen molar-refractivity contribution in [1.29, 1.82) is 0 Å². The number of hydrogen-bond acceptors (Lipinski definition) is 5. The van der Waals surface area contributed by atoms with Gasteiger partial charge in [-0.3, -0.25) is 0 Å². The molecular weight excluding hydrogens is 561 g/mol. The maximum Gasteiger partial charge on any atom is 0.220 e. The Morgan fingerprint density at radius 1 is 0.650 bits per heavy atom. The molecule has 0 heterocycles. The van der Waals surface area contributed by atoms with Crippen LogP contribution < -0.4 is 11.1 Å². The van der Waals surface area contributed by atoms with E-state index in [1.807, 2.05) is 0 Å². The summed E-state index contributed by atoms with van der Waals surface area (Å²) in [5.74, 6) is 0. The Bertz CT molecular complexity index is 754. The minimum absolute atomic E-state index is 0.0548. The van der Waals surface area contributed by atoms with Gasteiger partial charge in [0.1, 0.15) is 0 Å². The fraction of sp³-hybridized carbons (Fsp3) is 1.00. The molecule has 0 saturated carbocycles. The smallest absolute Gasteiger partial charge is 0.220 e. The maximum absolute atomic E-state index is 7.90. The molecule has 0 fully saturated rings. The fourth-order valence-corrected chi connectivity index (χ4v) is 21.6. The first kappa shape index (κ1) is 40.7. The zero-order valence-electron chi connectivity index (χ0n) is 30.4. The second-order valence-corrected chi connectivity index (χ2v) is 34.0. The van der Waals surface area contributed by atoms with Crippen molar-refractivity contribution in [3.05, 3.63) is 0 Å². The number of hydrogen-bond donors (Lipinski definition) is 2. The van der Waals surface area contributed by atoms with Crippen molar-refractivity contribution in [2.75, 3.05) is 19.6 Å². The quantitative estimate of drug-likeness (QED) is 0.0974. The van der Waals surface area contributed by atoms with Crippen LogP contribution in [0.3, 0.4) is 0 Å². The third kappa shape index (κ3) is 9.09. The topological polar surface area (TPSA) is 65.7 Å². The Hall–Kier alpha value is 0.668. The molecule has 3 unspecified atom stereocenters. The van der Waals surface area contributed by atoms with Gasteiger partial charge in [0.15, 0.2) is 16.6 Å².